The molecule has 1 rings (SSSR count). The number of hydrogen-bond acceptors (Lipinski definition) is 5. The average Bonchev–Trinajstić information content (AvgIpc) is 2.45. The van der Waals surface area contributed by atoms with E-state index in [1.165, 1.54) is 0 Å². The summed E-state index contributed by atoms with van der Waals surface area (Å²) >= 11 is 0. The van der Waals surface area contributed by atoms with E-state index in [0.29, 0.717) is 0 Å². The van der Waals surface area contributed by atoms with Crippen LogP contribution in [-0.4, -0.2) is 39.5 Å². The van der Waals surface area contributed by atoms with Gasteiger partial charge in [0.2, 0.25) is 10.0 Å². The second kappa shape index (κ2) is 4.37. The quantitative estimate of drug-likeness (QED) is 0.612. The number of alkyl halides is 1. The number of sulfonamides is 1. The molecule has 0 aromatic rings. The van der Waals surface area contributed by atoms with Gasteiger partial charge in [0.25, 0.3) is 0 Å². The Morgan fingerprint density at radius 3 is 2.67 bits per heavy atom. The summed E-state index contributed by atoms with van der Waals surface area (Å²) in [6.45, 7) is -0.183. The van der Waals surface area contributed by atoms with Crippen molar-refractivity contribution in [2.24, 2.45) is 5.92 Å². The summed E-state index contributed by atoms with van der Waals surface area (Å²) in [5.74, 6) is -2.51. The van der Waals surface area contributed by atoms with Crippen molar-refractivity contribution >= 4 is 16.0 Å². The van der Waals surface area contributed by atoms with Gasteiger partial charge in [-0.25, -0.2) is 22.3 Å². The lowest BCUT2D eigenvalue weighted by molar-refractivity contribution is -0.189. The van der Waals surface area contributed by atoms with E-state index in [4.69, 9.17) is 0 Å². The number of halogens is 2. The summed E-state index contributed by atoms with van der Waals surface area (Å²) in [7, 11) is -3.68. The highest BCUT2D eigenvalue weighted by atomic mass is 32.2. The molecule has 0 radical (unpaired) electrons. The van der Waals surface area contributed by atoms with Gasteiger partial charge >= 0.3 is 5.97 Å². The van der Waals surface area contributed by atoms with Crippen LogP contribution < -0.4 is 10.0 Å². The van der Waals surface area contributed by atoms with Crippen LogP contribution >= 0.6 is 0 Å². The SMILES string of the molecule is CS(=O)(=O)NC1C(F)NCC1C(=O)OF. The van der Waals surface area contributed by atoms with Crippen molar-refractivity contribution in [3.8, 4) is 0 Å². The number of rotatable bonds is 3. The van der Waals surface area contributed by atoms with Crippen molar-refractivity contribution in [1.82, 2.24) is 10.0 Å². The molecule has 0 bridgehead atoms. The molecule has 0 aromatic carbocycles. The van der Waals surface area contributed by atoms with Gasteiger partial charge in [-0.15, -0.1) is 0 Å². The zero-order valence-corrected chi connectivity index (χ0v) is 8.55. The molecule has 0 aromatic heterocycles. The molecule has 1 aliphatic rings. The van der Waals surface area contributed by atoms with E-state index in [1.807, 2.05) is 4.72 Å². The fourth-order valence-corrected chi connectivity index (χ4v) is 2.15. The van der Waals surface area contributed by atoms with Crippen molar-refractivity contribution in [1.29, 1.82) is 0 Å². The molecule has 0 amide bonds. The zero-order chi connectivity index (χ0) is 11.6. The van der Waals surface area contributed by atoms with Gasteiger partial charge in [0.1, 0.15) is 0 Å². The molecule has 0 saturated carbocycles. The summed E-state index contributed by atoms with van der Waals surface area (Å²) in [6, 6.07) is -1.34. The lowest BCUT2D eigenvalue weighted by Gasteiger charge is -2.16. The Kier molecular flexibility index (Phi) is 3.58. The number of hydrogen-bond donors (Lipinski definition) is 2. The molecule has 6 nitrogen and oxygen atoms in total. The number of carbonyl (C=O) groups excluding carboxylic acids is 1. The smallest absolute Gasteiger partial charge is 0.285 e. The van der Waals surface area contributed by atoms with Crippen LogP contribution in [0.4, 0.5) is 8.92 Å². The first-order valence-electron chi connectivity index (χ1n) is 4.02. The number of carbonyl (C=O) groups is 1. The summed E-state index contributed by atoms with van der Waals surface area (Å²) in [6.07, 6.45) is -0.931. The Bertz CT molecular complexity index is 347. The van der Waals surface area contributed by atoms with Gasteiger partial charge in [-0.1, -0.05) is 0 Å². The Balaban J connectivity index is 2.78. The average molecular weight is 244 g/mol. The first kappa shape index (κ1) is 12.3. The van der Waals surface area contributed by atoms with E-state index in [9.17, 15) is 22.1 Å². The molecule has 1 heterocycles. The second-order valence-corrected chi connectivity index (χ2v) is 5.01. The van der Waals surface area contributed by atoms with E-state index >= 15 is 0 Å². The topological polar surface area (TPSA) is 84.5 Å². The van der Waals surface area contributed by atoms with Crippen LogP contribution in [0, 0.1) is 5.92 Å². The zero-order valence-electron chi connectivity index (χ0n) is 7.74. The van der Waals surface area contributed by atoms with Crippen LogP contribution in [0.5, 0.6) is 0 Å². The van der Waals surface area contributed by atoms with Crippen LogP contribution in [0.3, 0.4) is 0 Å². The Morgan fingerprint density at radius 2 is 2.20 bits per heavy atom. The van der Waals surface area contributed by atoms with Gasteiger partial charge in [0.05, 0.1) is 18.2 Å². The third-order valence-corrected chi connectivity index (χ3v) is 2.71. The van der Waals surface area contributed by atoms with Gasteiger partial charge in [0.15, 0.2) is 6.30 Å². The standard InChI is InChI=1S/C6H10F2N2O4S/c1-15(12,13)10-4-3(6(11)14-8)2-9-5(4)7/h3-5,9-10H,2H2,1H3. The fraction of sp³-hybridized carbons (Fsp3) is 0.833. The van der Waals surface area contributed by atoms with Crippen molar-refractivity contribution in [2.75, 3.05) is 12.8 Å². The molecular formula is C6H10F2N2O4S. The Labute approximate surface area is 84.9 Å². The predicted molar refractivity (Wildman–Crippen MR) is 45.4 cm³/mol. The lowest BCUT2D eigenvalue weighted by Crippen LogP contribution is -2.45. The van der Waals surface area contributed by atoms with Crippen molar-refractivity contribution in [3.05, 3.63) is 0 Å². The normalized spacial score (nSPS) is 31.5. The van der Waals surface area contributed by atoms with Crippen LogP contribution in [0.25, 0.3) is 0 Å². The van der Waals surface area contributed by atoms with E-state index in [0.717, 1.165) is 6.26 Å². The molecule has 0 aliphatic carbocycles. The first-order valence-corrected chi connectivity index (χ1v) is 5.91. The summed E-state index contributed by atoms with van der Waals surface area (Å²) in [5.41, 5.74) is 0. The Hall–Kier alpha value is -0.800. The predicted octanol–water partition coefficient (Wildman–Crippen LogP) is -1.15. The van der Waals surface area contributed by atoms with Crippen LogP contribution in [0.2, 0.25) is 0 Å². The van der Waals surface area contributed by atoms with Crippen LogP contribution in [0.1, 0.15) is 0 Å². The second-order valence-electron chi connectivity index (χ2n) is 3.23. The maximum atomic E-state index is 13.1. The molecular weight excluding hydrogens is 234 g/mol. The third-order valence-electron chi connectivity index (χ3n) is 2.01. The molecule has 1 aliphatic heterocycles. The van der Waals surface area contributed by atoms with E-state index in [-0.39, 0.29) is 6.54 Å². The molecule has 1 saturated heterocycles. The van der Waals surface area contributed by atoms with Crippen molar-refractivity contribution < 1.29 is 27.1 Å². The minimum absolute atomic E-state index is 0.183. The van der Waals surface area contributed by atoms with Gasteiger partial charge in [0, 0.05) is 11.1 Å². The van der Waals surface area contributed by atoms with Crippen molar-refractivity contribution in [3.63, 3.8) is 0 Å². The minimum atomic E-state index is -3.68. The van der Waals surface area contributed by atoms with Crippen LogP contribution in [0.15, 0.2) is 0 Å². The lowest BCUT2D eigenvalue weighted by atomic mass is 10.1. The molecule has 15 heavy (non-hydrogen) atoms. The molecule has 88 valence electrons. The molecule has 9 heteroatoms. The molecule has 3 atom stereocenters. The third kappa shape index (κ3) is 3.08. The largest absolute Gasteiger partial charge is 0.354 e. The van der Waals surface area contributed by atoms with Gasteiger partial charge in [-0.2, -0.15) is 0 Å². The molecule has 2 N–H and O–H groups in total. The van der Waals surface area contributed by atoms with Gasteiger partial charge in [-0.3, -0.25) is 10.3 Å². The van der Waals surface area contributed by atoms with Crippen LogP contribution in [-0.2, 0) is 19.8 Å². The highest BCUT2D eigenvalue weighted by molar-refractivity contribution is 7.88. The van der Waals surface area contributed by atoms with Crippen molar-refractivity contribution in [2.45, 2.75) is 12.3 Å². The summed E-state index contributed by atoms with van der Waals surface area (Å²) in [5, 5.41) is 2.20. The number of nitrogens with one attached hydrogen (secondary N) is 2. The van der Waals surface area contributed by atoms with Gasteiger partial charge in [-0.05, 0) is 0 Å². The van der Waals surface area contributed by atoms with E-state index in [1.54, 1.807) is 0 Å². The minimum Gasteiger partial charge on any atom is -0.285 e. The van der Waals surface area contributed by atoms with E-state index in [2.05, 4.69) is 10.3 Å². The Morgan fingerprint density at radius 1 is 1.60 bits per heavy atom. The first-order chi connectivity index (χ1) is 6.85. The summed E-state index contributed by atoms with van der Waals surface area (Å²) in [4.78, 5) is 13.8. The maximum absolute atomic E-state index is 13.1. The molecule has 0 spiro atoms. The molecule has 3 unspecified atom stereocenters. The summed E-state index contributed by atoms with van der Waals surface area (Å²) < 4.78 is 48.3. The highest BCUT2D eigenvalue weighted by Crippen LogP contribution is 2.18. The van der Waals surface area contributed by atoms with E-state index < -0.39 is 34.2 Å². The monoisotopic (exact) mass is 244 g/mol. The molecule has 1 fully saturated rings. The maximum Gasteiger partial charge on any atom is 0.354 e. The fourth-order valence-electron chi connectivity index (χ4n) is 1.37. The highest BCUT2D eigenvalue weighted by Gasteiger charge is 2.43. The van der Waals surface area contributed by atoms with Gasteiger partial charge < -0.3 is 0 Å².